The molecule has 6 heterocycles. The molecule has 0 saturated heterocycles. The fraction of sp³-hybridized carbons (Fsp3) is 0.221. The molecule has 1 aliphatic heterocycles. The molecule has 11 rings (SSSR count). The van der Waals surface area contributed by atoms with Crippen LogP contribution in [0.4, 0.5) is 0 Å². The molecule has 22 heteroatoms. The number of hydrogen-bond acceptors (Lipinski definition) is 9. The lowest BCUT2D eigenvalue weighted by Crippen LogP contribution is -2.15. The molecule has 0 aliphatic carbocycles. The average molecular weight is 1290 g/mol. The van der Waals surface area contributed by atoms with Crippen molar-refractivity contribution in [3.05, 3.63) is 250 Å². The highest BCUT2D eigenvalue weighted by Crippen LogP contribution is 2.45. The molecular formula is C68H68N6O12S4. The number of hydrogen-bond donors (Lipinski definition) is 8. The molecular weight excluding hydrogens is 1220 g/mol. The SMILES string of the molecule is Cc1ccc(-c2ccc(-c3ccc(C4=NC(c5ccc(-c6ccc(C)[nH]6)n5Cc5ccc(C(CC(C)c6ccc(S(=O)(=O)O)cc6)CC(CC(CC(C)c6ccc(S(=O)(=O)O)cc6)c6ccc(S(=O)(=O)O)cc6)c6ccc(S(=O)(=O)O)cc6)cc5)C=C4)[nH]3)[nH]2)[nH]1. The van der Waals surface area contributed by atoms with Gasteiger partial charge in [0.1, 0.15) is 6.04 Å². The Kier molecular flexibility index (Phi) is 17.8. The maximum absolute atomic E-state index is 12.4. The van der Waals surface area contributed by atoms with Crippen molar-refractivity contribution in [2.45, 2.75) is 115 Å². The Bertz CT molecular complexity index is 4750. The Balaban J connectivity index is 0.937. The largest absolute Gasteiger partial charge is 0.357 e. The lowest BCUT2D eigenvalue weighted by Gasteiger charge is -2.31. The number of aliphatic imine (C=N–C) groups is 1. The molecule has 0 amide bonds. The summed E-state index contributed by atoms with van der Waals surface area (Å²) >= 11 is 0. The highest BCUT2D eigenvalue weighted by atomic mass is 32.2. The lowest BCUT2D eigenvalue weighted by atomic mass is 9.73. The number of nitrogens with zero attached hydrogens (tertiary/aromatic N) is 2. The fourth-order valence-corrected chi connectivity index (χ4v) is 14.3. The molecule has 10 aromatic rings. The molecule has 5 aromatic carbocycles. The minimum absolute atomic E-state index is 0.181. The number of H-pyrrole nitrogens is 4. The molecule has 0 spiro atoms. The van der Waals surface area contributed by atoms with Gasteiger partial charge in [0.25, 0.3) is 40.5 Å². The number of aromatic nitrogens is 5. The van der Waals surface area contributed by atoms with Crippen molar-refractivity contribution >= 4 is 46.2 Å². The highest BCUT2D eigenvalue weighted by molar-refractivity contribution is 7.86. The van der Waals surface area contributed by atoms with E-state index in [-0.39, 0.29) is 55.2 Å². The number of nitrogens with one attached hydrogen (secondary N) is 4. The van der Waals surface area contributed by atoms with E-state index < -0.39 is 40.5 Å². The van der Waals surface area contributed by atoms with Crippen molar-refractivity contribution < 1.29 is 51.9 Å². The van der Waals surface area contributed by atoms with Gasteiger partial charge in [-0.1, -0.05) is 92.7 Å². The van der Waals surface area contributed by atoms with Gasteiger partial charge in [0.2, 0.25) is 0 Å². The van der Waals surface area contributed by atoms with Crippen LogP contribution in [0.15, 0.2) is 219 Å². The molecule has 5 aromatic heterocycles. The standard InChI is InChI=1S/C68H68N6O12S4/c1-42(47-11-19-55(20-12-47)87(75,76)77)37-52(39-54(51-17-25-58(26-18-51)90(84,85)86)40-53(50-15-23-57(24-16-50)89(81,82)83)38-43(2)48-13-21-56(22-14-48)88(78,79)80)49-9-7-46(8-10-49)41-74-67(65-28-6-45(4)70-65)35-36-68(74)66-34-33-64(73-66)63-32-31-62(72-63)61-30-29-60(71-61)59-27-5-44(3)69-59/h5-36,42-43,52-54,66,69-72H,37-41H2,1-4H3,(H,75,76,77)(H,78,79,80)(H,81,82,83)(H,84,85,86). The molecule has 0 fully saturated rings. The Hall–Kier alpha value is -8.45. The third-order valence-corrected chi connectivity index (χ3v) is 20.7. The van der Waals surface area contributed by atoms with Crippen molar-refractivity contribution in [2.24, 2.45) is 4.99 Å². The first-order valence-electron chi connectivity index (χ1n) is 29.2. The van der Waals surface area contributed by atoms with Gasteiger partial charge < -0.3 is 24.5 Å². The Morgan fingerprint density at radius 2 is 0.744 bits per heavy atom. The first kappa shape index (κ1) is 63.1. The molecule has 6 atom stereocenters. The number of aryl methyl sites for hydroxylation is 2. The lowest BCUT2D eigenvalue weighted by molar-refractivity contribution is 0.413. The molecule has 6 unspecified atom stereocenters. The Morgan fingerprint density at radius 3 is 1.14 bits per heavy atom. The second-order valence-electron chi connectivity index (χ2n) is 23.5. The Morgan fingerprint density at radius 1 is 0.400 bits per heavy atom. The second-order valence-corrected chi connectivity index (χ2v) is 29.2. The van der Waals surface area contributed by atoms with E-state index >= 15 is 0 Å². The van der Waals surface area contributed by atoms with Crippen molar-refractivity contribution in [3.8, 4) is 34.2 Å². The van der Waals surface area contributed by atoms with Crippen molar-refractivity contribution in [2.75, 3.05) is 0 Å². The molecule has 18 nitrogen and oxygen atoms in total. The van der Waals surface area contributed by atoms with Crippen molar-refractivity contribution in [1.82, 2.24) is 24.5 Å². The Labute approximate surface area is 523 Å². The van der Waals surface area contributed by atoms with Gasteiger partial charge >= 0.3 is 0 Å². The summed E-state index contributed by atoms with van der Waals surface area (Å²) in [5.41, 5.74) is 15.6. The average Bonchev–Trinajstić information content (AvgIpc) is 1.71. The number of allylic oxidation sites excluding steroid dienone is 1. The van der Waals surface area contributed by atoms with Crippen LogP contribution in [0, 0.1) is 13.8 Å². The van der Waals surface area contributed by atoms with Crippen LogP contribution in [-0.2, 0) is 47.0 Å². The van der Waals surface area contributed by atoms with Gasteiger partial charge in [-0.25, -0.2) is 0 Å². The summed E-state index contributed by atoms with van der Waals surface area (Å²) in [6.07, 6.45) is 5.99. The van der Waals surface area contributed by atoms with E-state index in [0.29, 0.717) is 32.2 Å². The molecule has 1 aliphatic rings. The van der Waals surface area contributed by atoms with Gasteiger partial charge in [-0.15, -0.1) is 0 Å². The van der Waals surface area contributed by atoms with E-state index in [1.54, 1.807) is 48.5 Å². The van der Waals surface area contributed by atoms with Crippen LogP contribution in [0.2, 0.25) is 0 Å². The zero-order chi connectivity index (χ0) is 63.9. The van der Waals surface area contributed by atoms with Gasteiger partial charge in [-0.2, -0.15) is 33.7 Å². The molecule has 0 saturated carbocycles. The summed E-state index contributed by atoms with van der Waals surface area (Å²) in [5, 5.41) is 0. The topological polar surface area (TPSA) is 298 Å². The quantitative estimate of drug-likeness (QED) is 0.0262. The highest BCUT2D eigenvalue weighted by Gasteiger charge is 2.30. The minimum atomic E-state index is -4.58. The van der Waals surface area contributed by atoms with Crippen LogP contribution < -0.4 is 0 Å². The van der Waals surface area contributed by atoms with Crippen LogP contribution in [0.1, 0.15) is 131 Å². The van der Waals surface area contributed by atoms with Gasteiger partial charge in [-0.3, -0.25) is 23.2 Å². The van der Waals surface area contributed by atoms with Crippen LogP contribution in [0.25, 0.3) is 34.2 Å². The predicted molar refractivity (Wildman–Crippen MR) is 347 cm³/mol. The first-order valence-corrected chi connectivity index (χ1v) is 35.0. The maximum Gasteiger partial charge on any atom is 0.294 e. The minimum Gasteiger partial charge on any atom is -0.357 e. The summed E-state index contributed by atoms with van der Waals surface area (Å²) < 4.78 is 140. The number of benzene rings is 5. The van der Waals surface area contributed by atoms with E-state index in [1.165, 1.54) is 48.5 Å². The first-order chi connectivity index (χ1) is 42.7. The van der Waals surface area contributed by atoms with Gasteiger partial charge in [0, 0.05) is 23.6 Å². The van der Waals surface area contributed by atoms with E-state index in [0.717, 1.165) is 96.0 Å². The van der Waals surface area contributed by atoms with Gasteiger partial charge in [0.15, 0.2) is 0 Å². The monoisotopic (exact) mass is 1290 g/mol. The van der Waals surface area contributed by atoms with Gasteiger partial charge in [-0.05, 0) is 218 Å². The molecule has 0 bridgehead atoms. The molecule has 0 radical (unpaired) electrons. The second kappa shape index (κ2) is 25.4. The number of rotatable bonds is 24. The zero-order valence-corrected chi connectivity index (χ0v) is 52.8. The maximum atomic E-state index is 12.4. The van der Waals surface area contributed by atoms with E-state index in [9.17, 15) is 51.9 Å². The predicted octanol–water partition coefficient (Wildman–Crippen LogP) is 14.4. The summed E-state index contributed by atoms with van der Waals surface area (Å²) in [7, 11) is -18.1. The van der Waals surface area contributed by atoms with Crippen LogP contribution in [0.5, 0.6) is 0 Å². The van der Waals surface area contributed by atoms with Crippen molar-refractivity contribution in [1.29, 1.82) is 0 Å². The van der Waals surface area contributed by atoms with Crippen molar-refractivity contribution in [3.63, 3.8) is 0 Å². The normalized spacial score (nSPS) is 15.6. The third-order valence-electron chi connectivity index (χ3n) is 17.2. The van der Waals surface area contributed by atoms with E-state index in [1.807, 2.05) is 64.1 Å². The summed E-state index contributed by atoms with van der Waals surface area (Å²) in [4.78, 5) is 18.1. The summed E-state index contributed by atoms with van der Waals surface area (Å²) in [6.45, 7) is 8.52. The molecule has 8 N–H and O–H groups in total. The fourth-order valence-electron chi connectivity index (χ4n) is 12.4. The zero-order valence-electron chi connectivity index (χ0n) is 49.6. The van der Waals surface area contributed by atoms with E-state index in [2.05, 4.69) is 85.2 Å². The third kappa shape index (κ3) is 14.6. The molecule has 466 valence electrons. The van der Waals surface area contributed by atoms with E-state index in [4.69, 9.17) is 4.99 Å². The summed E-state index contributed by atoms with van der Waals surface area (Å²) in [5.74, 6) is -1.36. The smallest absolute Gasteiger partial charge is 0.294 e. The van der Waals surface area contributed by atoms with Gasteiger partial charge in [0.05, 0.1) is 65.2 Å². The molecule has 90 heavy (non-hydrogen) atoms. The number of aromatic amines is 4. The summed E-state index contributed by atoms with van der Waals surface area (Å²) in [6, 6.07) is 52.7. The van der Waals surface area contributed by atoms with Crippen LogP contribution >= 0.6 is 0 Å². The van der Waals surface area contributed by atoms with Crippen LogP contribution in [0.3, 0.4) is 0 Å². The van der Waals surface area contributed by atoms with Crippen LogP contribution in [-0.4, -0.2) is 82.1 Å².